The second-order valence-electron chi connectivity index (χ2n) is 4.76. The van der Waals surface area contributed by atoms with Crippen LogP contribution < -0.4 is 0 Å². The summed E-state index contributed by atoms with van der Waals surface area (Å²) in [6, 6.07) is 3.36. The Morgan fingerprint density at radius 1 is 1.35 bits per heavy atom. The van der Waals surface area contributed by atoms with Crippen LogP contribution in [0.4, 0.5) is 8.78 Å². The molecule has 4 heteroatoms. The molecule has 0 radical (unpaired) electrons. The van der Waals surface area contributed by atoms with E-state index in [1.54, 1.807) is 7.11 Å². The van der Waals surface area contributed by atoms with Crippen molar-refractivity contribution in [3.63, 3.8) is 0 Å². The highest BCUT2D eigenvalue weighted by atomic mass is 19.1. The first-order valence-electron chi connectivity index (χ1n) is 5.51. The zero-order valence-corrected chi connectivity index (χ0v) is 10.3. The Labute approximate surface area is 100 Å². The second-order valence-corrected chi connectivity index (χ2v) is 4.76. The summed E-state index contributed by atoms with van der Waals surface area (Å²) in [4.78, 5) is 0. The molecule has 96 valence electrons. The standard InChI is InChI=1S/C13H18F2O2/c1-13(2,17-3)8-11(16)6-9-4-5-10(14)7-12(9)15/h4-5,7,11,16H,6,8H2,1-3H3. The number of ether oxygens (including phenoxy) is 1. The summed E-state index contributed by atoms with van der Waals surface area (Å²) in [6.45, 7) is 3.69. The van der Waals surface area contributed by atoms with Gasteiger partial charge in [0, 0.05) is 26.0 Å². The first kappa shape index (κ1) is 14.1. The van der Waals surface area contributed by atoms with Gasteiger partial charge in [-0.2, -0.15) is 0 Å². The molecule has 1 atom stereocenters. The lowest BCUT2D eigenvalue weighted by Crippen LogP contribution is -2.30. The van der Waals surface area contributed by atoms with E-state index in [4.69, 9.17) is 4.74 Å². The third kappa shape index (κ3) is 4.40. The second kappa shape index (κ2) is 5.56. The van der Waals surface area contributed by atoms with Crippen molar-refractivity contribution >= 4 is 0 Å². The number of aliphatic hydroxyl groups excluding tert-OH is 1. The molecule has 0 aliphatic heterocycles. The van der Waals surface area contributed by atoms with Gasteiger partial charge in [0.15, 0.2) is 0 Å². The van der Waals surface area contributed by atoms with Crippen LogP contribution >= 0.6 is 0 Å². The highest BCUT2D eigenvalue weighted by molar-refractivity contribution is 5.19. The van der Waals surface area contributed by atoms with Gasteiger partial charge in [0.25, 0.3) is 0 Å². The van der Waals surface area contributed by atoms with E-state index in [9.17, 15) is 13.9 Å². The molecule has 0 fully saturated rings. The summed E-state index contributed by atoms with van der Waals surface area (Å²) in [5, 5.41) is 9.82. The molecule has 0 aliphatic rings. The molecule has 0 aromatic heterocycles. The Morgan fingerprint density at radius 3 is 2.53 bits per heavy atom. The quantitative estimate of drug-likeness (QED) is 0.863. The van der Waals surface area contributed by atoms with Gasteiger partial charge < -0.3 is 9.84 Å². The fourth-order valence-corrected chi connectivity index (χ4v) is 1.66. The number of benzene rings is 1. The lowest BCUT2D eigenvalue weighted by molar-refractivity contribution is -0.0192. The average molecular weight is 244 g/mol. The fraction of sp³-hybridized carbons (Fsp3) is 0.538. The SMILES string of the molecule is COC(C)(C)CC(O)Cc1ccc(F)cc1F. The number of hydrogen-bond acceptors (Lipinski definition) is 2. The van der Waals surface area contributed by atoms with Crippen molar-refractivity contribution < 1.29 is 18.6 Å². The van der Waals surface area contributed by atoms with Crippen LogP contribution in [0.25, 0.3) is 0 Å². The number of rotatable bonds is 5. The smallest absolute Gasteiger partial charge is 0.129 e. The topological polar surface area (TPSA) is 29.5 Å². The van der Waals surface area contributed by atoms with E-state index in [2.05, 4.69) is 0 Å². The Bertz CT molecular complexity index is 378. The molecule has 1 N–H and O–H groups in total. The van der Waals surface area contributed by atoms with E-state index in [-0.39, 0.29) is 6.42 Å². The van der Waals surface area contributed by atoms with Crippen LogP contribution in [0, 0.1) is 11.6 Å². The van der Waals surface area contributed by atoms with E-state index in [1.165, 1.54) is 12.1 Å². The van der Waals surface area contributed by atoms with Crippen molar-refractivity contribution in [2.45, 2.75) is 38.4 Å². The number of halogens is 2. The van der Waals surface area contributed by atoms with Crippen LogP contribution in [0.2, 0.25) is 0 Å². The maximum Gasteiger partial charge on any atom is 0.129 e. The Hall–Kier alpha value is -1.00. The normalized spacial score (nSPS) is 13.8. The first-order chi connectivity index (χ1) is 7.84. The lowest BCUT2D eigenvalue weighted by atomic mass is 9.96. The molecule has 1 aromatic rings. The Kier molecular flexibility index (Phi) is 4.60. The molecule has 1 unspecified atom stereocenters. The van der Waals surface area contributed by atoms with Gasteiger partial charge in [-0.15, -0.1) is 0 Å². The number of hydrogen-bond donors (Lipinski definition) is 1. The van der Waals surface area contributed by atoms with Crippen molar-refractivity contribution in [2.75, 3.05) is 7.11 Å². The summed E-state index contributed by atoms with van der Waals surface area (Å²) in [6.07, 6.45) is -0.177. The zero-order valence-electron chi connectivity index (χ0n) is 10.3. The average Bonchev–Trinajstić information content (AvgIpc) is 2.21. The summed E-state index contributed by atoms with van der Waals surface area (Å²) >= 11 is 0. The van der Waals surface area contributed by atoms with Gasteiger partial charge in [-0.05, 0) is 25.5 Å². The van der Waals surface area contributed by atoms with Gasteiger partial charge >= 0.3 is 0 Å². The minimum Gasteiger partial charge on any atom is -0.393 e. The molecular weight excluding hydrogens is 226 g/mol. The monoisotopic (exact) mass is 244 g/mol. The van der Waals surface area contributed by atoms with Crippen molar-refractivity contribution in [3.05, 3.63) is 35.4 Å². The molecule has 0 heterocycles. The fourth-order valence-electron chi connectivity index (χ4n) is 1.66. The van der Waals surface area contributed by atoms with E-state index >= 15 is 0 Å². The van der Waals surface area contributed by atoms with Gasteiger partial charge in [-0.1, -0.05) is 6.07 Å². The van der Waals surface area contributed by atoms with Crippen LogP contribution in [0.15, 0.2) is 18.2 Å². The third-order valence-corrected chi connectivity index (χ3v) is 2.75. The highest BCUT2D eigenvalue weighted by Gasteiger charge is 2.22. The van der Waals surface area contributed by atoms with Crippen molar-refractivity contribution in [1.82, 2.24) is 0 Å². The molecule has 0 spiro atoms. The third-order valence-electron chi connectivity index (χ3n) is 2.75. The van der Waals surface area contributed by atoms with Gasteiger partial charge in [0.2, 0.25) is 0 Å². The van der Waals surface area contributed by atoms with Crippen molar-refractivity contribution in [1.29, 1.82) is 0 Å². The van der Waals surface area contributed by atoms with Gasteiger partial charge in [-0.25, -0.2) is 8.78 Å². The van der Waals surface area contributed by atoms with Gasteiger partial charge in [0.1, 0.15) is 11.6 Å². The lowest BCUT2D eigenvalue weighted by Gasteiger charge is -2.25. The minimum atomic E-state index is -0.718. The molecule has 17 heavy (non-hydrogen) atoms. The molecular formula is C13H18F2O2. The summed E-state index contributed by atoms with van der Waals surface area (Å²) in [7, 11) is 1.56. The van der Waals surface area contributed by atoms with E-state index in [1.807, 2.05) is 13.8 Å². The maximum atomic E-state index is 13.3. The summed E-state index contributed by atoms with van der Waals surface area (Å²) in [5.74, 6) is -1.24. The van der Waals surface area contributed by atoms with Crippen LogP contribution in [0.1, 0.15) is 25.8 Å². The molecule has 0 amide bonds. The van der Waals surface area contributed by atoms with E-state index in [0.717, 1.165) is 6.07 Å². The molecule has 0 saturated carbocycles. The highest BCUT2D eigenvalue weighted by Crippen LogP contribution is 2.19. The van der Waals surface area contributed by atoms with Gasteiger partial charge in [-0.3, -0.25) is 0 Å². The molecule has 0 aliphatic carbocycles. The van der Waals surface area contributed by atoms with Crippen LogP contribution in [0.3, 0.4) is 0 Å². The molecule has 2 nitrogen and oxygen atoms in total. The summed E-state index contributed by atoms with van der Waals surface area (Å²) < 4.78 is 31.2. The first-order valence-corrected chi connectivity index (χ1v) is 5.51. The summed E-state index contributed by atoms with van der Waals surface area (Å²) in [5.41, 5.74) is -0.151. The molecule has 1 aromatic carbocycles. The van der Waals surface area contributed by atoms with Crippen LogP contribution in [0.5, 0.6) is 0 Å². The van der Waals surface area contributed by atoms with Crippen molar-refractivity contribution in [2.24, 2.45) is 0 Å². The Balaban J connectivity index is 2.65. The largest absolute Gasteiger partial charge is 0.393 e. The maximum absolute atomic E-state index is 13.3. The van der Waals surface area contributed by atoms with Crippen molar-refractivity contribution in [3.8, 4) is 0 Å². The van der Waals surface area contributed by atoms with E-state index < -0.39 is 23.3 Å². The number of aliphatic hydroxyl groups is 1. The van der Waals surface area contributed by atoms with E-state index in [0.29, 0.717) is 12.0 Å². The van der Waals surface area contributed by atoms with Crippen LogP contribution in [-0.2, 0) is 11.2 Å². The Morgan fingerprint density at radius 2 is 2.00 bits per heavy atom. The van der Waals surface area contributed by atoms with Gasteiger partial charge in [0.05, 0.1) is 11.7 Å². The number of methoxy groups -OCH3 is 1. The predicted molar refractivity (Wildman–Crippen MR) is 61.8 cm³/mol. The molecule has 1 rings (SSSR count). The molecule has 0 saturated heterocycles. The minimum absolute atomic E-state index is 0.152. The zero-order chi connectivity index (χ0) is 13.1. The molecule has 0 bridgehead atoms. The predicted octanol–water partition coefficient (Wildman–Crippen LogP) is 2.68. The van der Waals surface area contributed by atoms with Crippen LogP contribution in [-0.4, -0.2) is 23.9 Å².